The number of halogens is 2. The van der Waals surface area contributed by atoms with Gasteiger partial charge >= 0.3 is 0 Å². The van der Waals surface area contributed by atoms with Crippen molar-refractivity contribution in [1.82, 2.24) is 0 Å². The number of benzene rings is 2. The topological polar surface area (TPSA) is 35.2 Å². The predicted molar refractivity (Wildman–Crippen MR) is 88.9 cm³/mol. The molecule has 0 saturated carbocycles. The second-order valence-electron chi connectivity index (χ2n) is 3.84. The van der Waals surface area contributed by atoms with Gasteiger partial charge in [-0.15, -0.1) is 11.8 Å². The Morgan fingerprint density at radius 2 is 1.95 bits per heavy atom. The van der Waals surface area contributed by atoms with Gasteiger partial charge in [0.15, 0.2) is 0 Å². The Bertz CT molecular complexity index is 563. The molecule has 5 heteroatoms. The molecule has 0 aliphatic heterocycles. The second-order valence-corrected chi connectivity index (χ2v) is 6.75. The van der Waals surface area contributed by atoms with Crippen LogP contribution < -0.4 is 10.5 Å². The lowest BCUT2D eigenvalue weighted by Crippen LogP contribution is -2.00. The second kappa shape index (κ2) is 7.22. The molecule has 0 spiro atoms. The third-order valence-corrected chi connectivity index (χ3v) is 4.81. The normalized spacial score (nSPS) is 10.4. The Hall–Kier alpha value is -0.650. The summed E-state index contributed by atoms with van der Waals surface area (Å²) in [7, 11) is 0. The maximum absolute atomic E-state index is 5.70. The average Bonchev–Trinajstić information content (AvgIpc) is 2.37. The number of thioether (sulfide) groups is 1. The van der Waals surface area contributed by atoms with Gasteiger partial charge in [0.05, 0.1) is 6.61 Å². The summed E-state index contributed by atoms with van der Waals surface area (Å²) < 4.78 is 7.74. The first-order chi connectivity index (χ1) is 9.15. The maximum atomic E-state index is 5.70. The molecule has 0 heterocycles. The van der Waals surface area contributed by atoms with Crippen LogP contribution in [0.15, 0.2) is 56.3 Å². The van der Waals surface area contributed by atoms with Crippen molar-refractivity contribution < 1.29 is 4.74 Å². The Labute approximate surface area is 134 Å². The van der Waals surface area contributed by atoms with Crippen LogP contribution in [-0.2, 0) is 0 Å². The molecule has 0 saturated heterocycles. The van der Waals surface area contributed by atoms with Crippen molar-refractivity contribution in [1.29, 1.82) is 0 Å². The Morgan fingerprint density at radius 1 is 1.11 bits per heavy atom. The van der Waals surface area contributed by atoms with Crippen LogP contribution in [0.2, 0.25) is 0 Å². The van der Waals surface area contributed by atoms with Gasteiger partial charge in [-0.25, -0.2) is 0 Å². The Balaban J connectivity index is 1.81. The molecule has 0 aliphatic carbocycles. The quantitative estimate of drug-likeness (QED) is 0.435. The van der Waals surface area contributed by atoms with Crippen LogP contribution in [0, 0.1) is 0 Å². The number of anilines is 1. The molecular formula is C14H13Br2NOS. The standard InChI is InChI=1S/C14H13Br2NOS/c15-10-2-1-3-12(8-10)18-6-7-19-14-5-4-11(17)9-13(14)16/h1-5,8-9H,6-7,17H2. The van der Waals surface area contributed by atoms with Gasteiger partial charge in [-0.3, -0.25) is 0 Å². The lowest BCUT2D eigenvalue weighted by molar-refractivity contribution is 0.344. The van der Waals surface area contributed by atoms with Gasteiger partial charge in [0.2, 0.25) is 0 Å². The number of ether oxygens (including phenoxy) is 1. The molecule has 100 valence electrons. The largest absolute Gasteiger partial charge is 0.493 e. The highest BCUT2D eigenvalue weighted by molar-refractivity contribution is 9.10. The lowest BCUT2D eigenvalue weighted by atomic mass is 10.3. The molecule has 0 unspecified atom stereocenters. The van der Waals surface area contributed by atoms with Crippen LogP contribution >= 0.6 is 43.6 Å². The number of nitrogens with two attached hydrogens (primary N) is 1. The smallest absolute Gasteiger partial charge is 0.120 e. The van der Waals surface area contributed by atoms with Crippen LogP contribution in [-0.4, -0.2) is 12.4 Å². The third-order valence-electron chi connectivity index (χ3n) is 2.36. The highest BCUT2D eigenvalue weighted by Gasteiger charge is 2.01. The molecule has 0 fully saturated rings. The molecule has 2 aromatic rings. The number of rotatable bonds is 5. The van der Waals surface area contributed by atoms with Gasteiger partial charge in [-0.05, 0) is 52.3 Å². The van der Waals surface area contributed by atoms with Gasteiger partial charge in [-0.2, -0.15) is 0 Å². The van der Waals surface area contributed by atoms with E-state index < -0.39 is 0 Å². The van der Waals surface area contributed by atoms with Crippen molar-refractivity contribution in [3.05, 3.63) is 51.4 Å². The van der Waals surface area contributed by atoms with Crippen LogP contribution in [0.4, 0.5) is 5.69 Å². The molecule has 0 aliphatic rings. The molecular weight excluding hydrogens is 390 g/mol. The number of hydrogen-bond donors (Lipinski definition) is 1. The lowest BCUT2D eigenvalue weighted by Gasteiger charge is -2.07. The van der Waals surface area contributed by atoms with E-state index in [9.17, 15) is 0 Å². The summed E-state index contributed by atoms with van der Waals surface area (Å²) in [6.45, 7) is 0.665. The predicted octanol–water partition coefficient (Wildman–Crippen LogP) is 4.96. The molecule has 2 N–H and O–H groups in total. The fourth-order valence-electron chi connectivity index (χ4n) is 1.50. The Morgan fingerprint density at radius 3 is 2.68 bits per heavy atom. The van der Waals surface area contributed by atoms with E-state index in [1.165, 1.54) is 4.90 Å². The van der Waals surface area contributed by atoms with Crippen molar-refractivity contribution in [3.63, 3.8) is 0 Å². The number of nitrogen functional groups attached to an aromatic ring is 1. The van der Waals surface area contributed by atoms with E-state index in [2.05, 4.69) is 31.9 Å². The van der Waals surface area contributed by atoms with Crippen LogP contribution in [0.3, 0.4) is 0 Å². The van der Waals surface area contributed by atoms with E-state index in [-0.39, 0.29) is 0 Å². The first kappa shape index (κ1) is 14.8. The zero-order valence-electron chi connectivity index (χ0n) is 10.1. The molecule has 2 rings (SSSR count). The van der Waals surface area contributed by atoms with Gasteiger partial charge in [0.25, 0.3) is 0 Å². The van der Waals surface area contributed by atoms with Crippen molar-refractivity contribution in [2.75, 3.05) is 18.1 Å². The summed E-state index contributed by atoms with van der Waals surface area (Å²) in [5, 5.41) is 0. The van der Waals surface area contributed by atoms with Crippen LogP contribution in [0.1, 0.15) is 0 Å². The van der Waals surface area contributed by atoms with Gasteiger partial charge in [0, 0.05) is 25.3 Å². The van der Waals surface area contributed by atoms with Gasteiger partial charge < -0.3 is 10.5 Å². The molecule has 2 nitrogen and oxygen atoms in total. The van der Waals surface area contributed by atoms with E-state index in [1.807, 2.05) is 42.5 Å². The van der Waals surface area contributed by atoms with Gasteiger partial charge in [0.1, 0.15) is 5.75 Å². The van der Waals surface area contributed by atoms with Crippen molar-refractivity contribution in [2.24, 2.45) is 0 Å². The zero-order valence-corrected chi connectivity index (χ0v) is 14.1. The van der Waals surface area contributed by atoms with E-state index in [4.69, 9.17) is 10.5 Å². The minimum Gasteiger partial charge on any atom is -0.493 e. The number of hydrogen-bond acceptors (Lipinski definition) is 3. The highest BCUT2D eigenvalue weighted by atomic mass is 79.9. The monoisotopic (exact) mass is 401 g/mol. The summed E-state index contributed by atoms with van der Waals surface area (Å²) in [5.41, 5.74) is 6.47. The zero-order chi connectivity index (χ0) is 13.7. The summed E-state index contributed by atoms with van der Waals surface area (Å²) in [6, 6.07) is 13.7. The average molecular weight is 403 g/mol. The van der Waals surface area contributed by atoms with E-state index in [1.54, 1.807) is 11.8 Å². The summed E-state index contributed by atoms with van der Waals surface area (Å²) >= 11 is 8.67. The van der Waals surface area contributed by atoms with E-state index in [0.717, 1.165) is 26.1 Å². The SMILES string of the molecule is Nc1ccc(SCCOc2cccc(Br)c2)c(Br)c1. The first-order valence-corrected chi connectivity index (χ1v) is 8.28. The molecule has 0 atom stereocenters. The van der Waals surface area contributed by atoms with Gasteiger partial charge in [-0.1, -0.05) is 22.0 Å². The molecule has 0 radical (unpaired) electrons. The molecule has 0 bridgehead atoms. The minimum atomic E-state index is 0.665. The maximum Gasteiger partial charge on any atom is 0.120 e. The van der Waals surface area contributed by atoms with Crippen molar-refractivity contribution in [3.8, 4) is 5.75 Å². The summed E-state index contributed by atoms with van der Waals surface area (Å²) in [5.74, 6) is 1.76. The third kappa shape index (κ3) is 4.75. The van der Waals surface area contributed by atoms with Crippen LogP contribution in [0.25, 0.3) is 0 Å². The Kier molecular flexibility index (Phi) is 5.60. The first-order valence-electron chi connectivity index (χ1n) is 5.71. The van der Waals surface area contributed by atoms with E-state index >= 15 is 0 Å². The molecule has 2 aromatic carbocycles. The summed E-state index contributed by atoms with van der Waals surface area (Å²) in [4.78, 5) is 1.17. The van der Waals surface area contributed by atoms with Crippen molar-refractivity contribution in [2.45, 2.75) is 4.90 Å². The minimum absolute atomic E-state index is 0.665. The van der Waals surface area contributed by atoms with E-state index in [0.29, 0.717) is 6.61 Å². The summed E-state index contributed by atoms with van der Waals surface area (Å²) in [6.07, 6.45) is 0. The van der Waals surface area contributed by atoms with Crippen molar-refractivity contribution >= 4 is 49.3 Å². The highest BCUT2D eigenvalue weighted by Crippen LogP contribution is 2.29. The fraction of sp³-hybridized carbons (Fsp3) is 0.143. The molecule has 19 heavy (non-hydrogen) atoms. The molecule has 0 aromatic heterocycles. The van der Waals surface area contributed by atoms with Crippen LogP contribution in [0.5, 0.6) is 5.75 Å². The fourth-order valence-corrected chi connectivity index (χ4v) is 3.37. The molecule has 0 amide bonds.